The van der Waals surface area contributed by atoms with Gasteiger partial charge in [0.2, 0.25) is 0 Å². The van der Waals surface area contributed by atoms with E-state index in [2.05, 4.69) is 0 Å². The summed E-state index contributed by atoms with van der Waals surface area (Å²) in [6.45, 7) is 0.425. The maximum absolute atomic E-state index is 12.4. The quantitative estimate of drug-likeness (QED) is 0.630. The van der Waals surface area contributed by atoms with E-state index in [-0.39, 0.29) is 19.0 Å². The van der Waals surface area contributed by atoms with E-state index in [1.165, 1.54) is 17.4 Å². The van der Waals surface area contributed by atoms with Gasteiger partial charge < -0.3 is 9.32 Å². The first kappa shape index (κ1) is 7.34. The summed E-state index contributed by atoms with van der Waals surface area (Å²) in [5.41, 5.74) is 0.488. The largest absolute Gasteiger partial charge is 0.472 e. The molecule has 1 aliphatic heterocycles. The second-order valence-corrected chi connectivity index (χ2v) is 2.82. The lowest BCUT2D eigenvalue weighted by Gasteiger charge is -2.33. The van der Waals surface area contributed by atoms with Crippen molar-refractivity contribution in [1.82, 2.24) is 4.90 Å². The molecular weight excluding hydrogens is 161 g/mol. The number of hydrogen-bond acceptors (Lipinski definition) is 2. The number of halogens is 1. The zero-order valence-corrected chi connectivity index (χ0v) is 6.37. The average molecular weight is 169 g/mol. The van der Waals surface area contributed by atoms with Crippen molar-refractivity contribution in [3.8, 4) is 0 Å². The van der Waals surface area contributed by atoms with Gasteiger partial charge in [-0.2, -0.15) is 0 Å². The van der Waals surface area contributed by atoms with Crippen LogP contribution < -0.4 is 0 Å². The maximum atomic E-state index is 12.4. The number of alkyl halides is 1. The summed E-state index contributed by atoms with van der Waals surface area (Å²) in [7, 11) is 0. The van der Waals surface area contributed by atoms with Crippen LogP contribution in [0.15, 0.2) is 23.0 Å². The van der Waals surface area contributed by atoms with E-state index in [0.717, 1.165) is 0 Å². The molecule has 12 heavy (non-hydrogen) atoms. The number of carbonyl (C=O) groups is 1. The molecule has 0 unspecified atom stereocenters. The van der Waals surface area contributed by atoms with E-state index in [1.54, 1.807) is 6.07 Å². The van der Waals surface area contributed by atoms with Gasteiger partial charge in [-0.1, -0.05) is 0 Å². The number of nitrogens with zero attached hydrogens (tertiary/aromatic N) is 1. The van der Waals surface area contributed by atoms with Gasteiger partial charge in [0, 0.05) is 0 Å². The molecule has 0 radical (unpaired) electrons. The van der Waals surface area contributed by atoms with Crippen molar-refractivity contribution < 1.29 is 13.6 Å². The van der Waals surface area contributed by atoms with Crippen LogP contribution in [-0.4, -0.2) is 30.1 Å². The van der Waals surface area contributed by atoms with Crippen molar-refractivity contribution in [2.24, 2.45) is 0 Å². The molecule has 3 nitrogen and oxygen atoms in total. The minimum atomic E-state index is -0.846. The van der Waals surface area contributed by atoms with Gasteiger partial charge in [0.1, 0.15) is 12.4 Å². The zero-order chi connectivity index (χ0) is 8.55. The predicted molar refractivity (Wildman–Crippen MR) is 39.5 cm³/mol. The third kappa shape index (κ3) is 1.09. The molecule has 1 amide bonds. The minimum Gasteiger partial charge on any atom is -0.472 e. The Labute approximate surface area is 68.8 Å². The Morgan fingerprint density at radius 3 is 2.92 bits per heavy atom. The van der Waals surface area contributed by atoms with Crippen LogP contribution in [0.4, 0.5) is 4.39 Å². The summed E-state index contributed by atoms with van der Waals surface area (Å²) < 4.78 is 17.1. The molecule has 2 rings (SSSR count). The molecule has 0 aromatic carbocycles. The van der Waals surface area contributed by atoms with Crippen LogP contribution in [0.1, 0.15) is 10.4 Å². The molecule has 0 bridgehead atoms. The first-order valence-electron chi connectivity index (χ1n) is 3.73. The number of hydrogen-bond donors (Lipinski definition) is 0. The molecule has 1 aliphatic rings. The molecule has 0 atom stereocenters. The van der Waals surface area contributed by atoms with Gasteiger partial charge in [-0.15, -0.1) is 0 Å². The second-order valence-electron chi connectivity index (χ2n) is 2.82. The zero-order valence-electron chi connectivity index (χ0n) is 6.37. The molecule has 0 aliphatic carbocycles. The molecule has 1 aromatic heterocycles. The summed E-state index contributed by atoms with van der Waals surface area (Å²) >= 11 is 0. The van der Waals surface area contributed by atoms with Crippen LogP contribution in [0.25, 0.3) is 0 Å². The summed E-state index contributed by atoms with van der Waals surface area (Å²) in [6.07, 6.45) is 1.95. The van der Waals surface area contributed by atoms with Crippen LogP contribution in [0.5, 0.6) is 0 Å². The fraction of sp³-hybridized carbons (Fsp3) is 0.375. The fourth-order valence-electron chi connectivity index (χ4n) is 1.16. The van der Waals surface area contributed by atoms with Gasteiger partial charge in [0.25, 0.3) is 5.91 Å². The Balaban J connectivity index is 2.03. The molecule has 4 heteroatoms. The Morgan fingerprint density at radius 2 is 2.42 bits per heavy atom. The normalized spacial score (nSPS) is 17.6. The SMILES string of the molecule is O=C(c1ccoc1)N1CC(F)C1. The Kier molecular flexibility index (Phi) is 1.60. The minimum absolute atomic E-state index is 0.155. The lowest BCUT2D eigenvalue weighted by atomic mass is 10.1. The topological polar surface area (TPSA) is 33.5 Å². The first-order valence-corrected chi connectivity index (χ1v) is 3.73. The first-order chi connectivity index (χ1) is 5.77. The molecule has 1 fully saturated rings. The van der Waals surface area contributed by atoms with Gasteiger partial charge in [0.15, 0.2) is 0 Å². The number of furan rings is 1. The molecule has 0 saturated carbocycles. The predicted octanol–water partition coefficient (Wildman–Crippen LogP) is 1.07. The van der Waals surface area contributed by atoms with Crippen molar-refractivity contribution >= 4 is 5.91 Å². The van der Waals surface area contributed by atoms with Crippen LogP contribution in [0.2, 0.25) is 0 Å². The van der Waals surface area contributed by atoms with Crippen molar-refractivity contribution in [1.29, 1.82) is 0 Å². The highest BCUT2D eigenvalue weighted by atomic mass is 19.1. The van der Waals surface area contributed by atoms with Crippen LogP contribution >= 0.6 is 0 Å². The molecule has 2 heterocycles. The number of amides is 1. The Bertz CT molecular complexity index is 277. The smallest absolute Gasteiger partial charge is 0.257 e. The molecule has 1 saturated heterocycles. The number of rotatable bonds is 1. The highest BCUT2D eigenvalue weighted by Gasteiger charge is 2.31. The van der Waals surface area contributed by atoms with E-state index < -0.39 is 6.17 Å². The molecular formula is C8H8FNO2. The van der Waals surface area contributed by atoms with Gasteiger partial charge in [0.05, 0.1) is 24.9 Å². The van der Waals surface area contributed by atoms with E-state index >= 15 is 0 Å². The van der Waals surface area contributed by atoms with Gasteiger partial charge in [-0.25, -0.2) is 4.39 Å². The Hall–Kier alpha value is -1.32. The number of likely N-dealkylation sites (tertiary alicyclic amines) is 1. The molecule has 0 N–H and O–H groups in total. The lowest BCUT2D eigenvalue weighted by Crippen LogP contribution is -2.51. The van der Waals surface area contributed by atoms with Crippen molar-refractivity contribution in [3.63, 3.8) is 0 Å². The highest BCUT2D eigenvalue weighted by molar-refractivity contribution is 5.94. The summed E-state index contributed by atoms with van der Waals surface area (Å²) in [5.74, 6) is -0.155. The highest BCUT2D eigenvalue weighted by Crippen LogP contribution is 2.15. The monoisotopic (exact) mass is 169 g/mol. The third-order valence-corrected chi connectivity index (χ3v) is 1.89. The average Bonchev–Trinajstić information content (AvgIpc) is 2.49. The number of carbonyl (C=O) groups excluding carboxylic acids is 1. The van der Waals surface area contributed by atoms with E-state index in [4.69, 9.17) is 4.42 Å². The summed E-state index contributed by atoms with van der Waals surface area (Å²) in [5, 5.41) is 0. The molecule has 0 spiro atoms. The van der Waals surface area contributed by atoms with Crippen LogP contribution in [0.3, 0.4) is 0 Å². The molecule has 64 valence electrons. The van der Waals surface area contributed by atoms with E-state index in [0.29, 0.717) is 5.56 Å². The standard InChI is InChI=1S/C8H8FNO2/c9-7-3-10(4-7)8(11)6-1-2-12-5-6/h1-2,5,7H,3-4H2. The van der Waals surface area contributed by atoms with Gasteiger partial charge in [-0.3, -0.25) is 4.79 Å². The van der Waals surface area contributed by atoms with Crippen molar-refractivity contribution in [2.75, 3.05) is 13.1 Å². The van der Waals surface area contributed by atoms with Gasteiger partial charge in [-0.05, 0) is 6.07 Å². The lowest BCUT2D eigenvalue weighted by molar-refractivity contribution is 0.0399. The van der Waals surface area contributed by atoms with E-state index in [9.17, 15) is 9.18 Å². The summed E-state index contributed by atoms with van der Waals surface area (Å²) in [6, 6.07) is 1.58. The van der Waals surface area contributed by atoms with E-state index in [1.807, 2.05) is 0 Å². The van der Waals surface area contributed by atoms with Crippen LogP contribution in [-0.2, 0) is 0 Å². The summed E-state index contributed by atoms with van der Waals surface area (Å²) in [4.78, 5) is 12.8. The Morgan fingerprint density at radius 1 is 1.67 bits per heavy atom. The second kappa shape index (κ2) is 2.62. The van der Waals surface area contributed by atoms with Gasteiger partial charge >= 0.3 is 0 Å². The van der Waals surface area contributed by atoms with Crippen molar-refractivity contribution in [3.05, 3.63) is 24.2 Å². The maximum Gasteiger partial charge on any atom is 0.257 e. The fourth-order valence-corrected chi connectivity index (χ4v) is 1.16. The molecule has 1 aromatic rings. The van der Waals surface area contributed by atoms with Crippen molar-refractivity contribution in [2.45, 2.75) is 6.17 Å². The third-order valence-electron chi connectivity index (χ3n) is 1.89. The van der Waals surface area contributed by atoms with Crippen LogP contribution in [0, 0.1) is 0 Å².